The van der Waals surface area contributed by atoms with Gasteiger partial charge in [0, 0.05) is 0 Å². The lowest BCUT2D eigenvalue weighted by molar-refractivity contribution is 0.375. The minimum atomic E-state index is -0.0851. The lowest BCUT2D eigenvalue weighted by Crippen LogP contribution is -2.30. The smallest absolute Gasteiger partial charge is 0.123 e. The summed E-state index contributed by atoms with van der Waals surface area (Å²) in [7, 11) is 0. The van der Waals surface area contributed by atoms with Gasteiger partial charge in [0.15, 0.2) is 0 Å². The van der Waals surface area contributed by atoms with Crippen molar-refractivity contribution in [3.63, 3.8) is 0 Å². The second kappa shape index (κ2) is 5.44. The predicted molar refractivity (Wildman–Crippen MR) is 65.1 cm³/mol. The molecule has 0 amide bonds. The van der Waals surface area contributed by atoms with Gasteiger partial charge in [0.2, 0.25) is 0 Å². The van der Waals surface area contributed by atoms with Gasteiger partial charge in [0.1, 0.15) is 5.82 Å². The van der Waals surface area contributed by atoms with Crippen LogP contribution in [0.4, 0.5) is 4.39 Å². The van der Waals surface area contributed by atoms with E-state index in [4.69, 9.17) is 0 Å². The molecule has 0 aliphatic carbocycles. The van der Waals surface area contributed by atoms with Gasteiger partial charge in [0.25, 0.3) is 0 Å². The van der Waals surface area contributed by atoms with Crippen LogP contribution in [0.5, 0.6) is 0 Å². The summed E-state index contributed by atoms with van der Waals surface area (Å²) in [5, 5.41) is 3.40. The molecular formula is C14H20FN. The van der Waals surface area contributed by atoms with Crippen molar-refractivity contribution < 1.29 is 4.39 Å². The molecule has 0 spiro atoms. The summed E-state index contributed by atoms with van der Waals surface area (Å²) in [5.74, 6) is 0.596. The topological polar surface area (TPSA) is 12.0 Å². The molecule has 1 fully saturated rings. The van der Waals surface area contributed by atoms with Gasteiger partial charge < -0.3 is 5.32 Å². The first-order chi connectivity index (χ1) is 7.78. The number of benzene rings is 1. The quantitative estimate of drug-likeness (QED) is 0.827. The van der Waals surface area contributed by atoms with Crippen LogP contribution in [0.1, 0.15) is 30.9 Å². The molecule has 0 saturated carbocycles. The standard InChI is InChI=1S/C14H20FN/c1-2-11-6-13(9-14(15)8-11)7-12-4-3-5-16-10-12/h6,8-9,12,16H,2-5,7,10H2,1H3. The van der Waals surface area contributed by atoms with Gasteiger partial charge in [-0.3, -0.25) is 0 Å². The van der Waals surface area contributed by atoms with E-state index in [0.29, 0.717) is 5.92 Å². The summed E-state index contributed by atoms with van der Waals surface area (Å²) in [4.78, 5) is 0. The maximum atomic E-state index is 13.4. The number of halogens is 1. The van der Waals surface area contributed by atoms with Crippen LogP contribution in [0.25, 0.3) is 0 Å². The number of piperidine rings is 1. The monoisotopic (exact) mass is 221 g/mol. The Morgan fingerprint density at radius 2 is 2.12 bits per heavy atom. The van der Waals surface area contributed by atoms with Crippen LogP contribution < -0.4 is 5.32 Å². The van der Waals surface area contributed by atoms with Crippen molar-refractivity contribution in [1.82, 2.24) is 5.32 Å². The van der Waals surface area contributed by atoms with Crippen molar-refractivity contribution in [3.05, 3.63) is 35.1 Å². The van der Waals surface area contributed by atoms with Crippen LogP contribution in [0.3, 0.4) is 0 Å². The van der Waals surface area contributed by atoms with Crippen LogP contribution in [0.2, 0.25) is 0 Å². The van der Waals surface area contributed by atoms with Crippen molar-refractivity contribution in [2.75, 3.05) is 13.1 Å². The number of hydrogen-bond acceptors (Lipinski definition) is 1. The highest BCUT2D eigenvalue weighted by Crippen LogP contribution is 2.18. The van der Waals surface area contributed by atoms with Crippen molar-refractivity contribution >= 4 is 0 Å². The van der Waals surface area contributed by atoms with E-state index in [0.717, 1.165) is 37.1 Å². The molecule has 1 atom stereocenters. The first-order valence-corrected chi connectivity index (χ1v) is 6.27. The van der Waals surface area contributed by atoms with E-state index >= 15 is 0 Å². The van der Waals surface area contributed by atoms with Gasteiger partial charge in [0.05, 0.1) is 0 Å². The molecule has 0 radical (unpaired) electrons. The summed E-state index contributed by atoms with van der Waals surface area (Å²) < 4.78 is 13.4. The summed E-state index contributed by atoms with van der Waals surface area (Å²) in [6.45, 7) is 4.29. The SMILES string of the molecule is CCc1cc(F)cc(CC2CCCNC2)c1. The first-order valence-electron chi connectivity index (χ1n) is 6.27. The van der Waals surface area contributed by atoms with E-state index < -0.39 is 0 Å². The zero-order chi connectivity index (χ0) is 11.4. The summed E-state index contributed by atoms with van der Waals surface area (Å²) in [6, 6.07) is 5.48. The van der Waals surface area contributed by atoms with Crippen LogP contribution >= 0.6 is 0 Å². The largest absolute Gasteiger partial charge is 0.316 e. The highest BCUT2D eigenvalue weighted by Gasteiger charge is 2.13. The average Bonchev–Trinajstić information content (AvgIpc) is 2.29. The summed E-state index contributed by atoms with van der Waals surface area (Å²) in [6.07, 6.45) is 4.44. The molecule has 2 rings (SSSR count). The Balaban J connectivity index is 2.04. The minimum absolute atomic E-state index is 0.0851. The minimum Gasteiger partial charge on any atom is -0.316 e. The lowest BCUT2D eigenvalue weighted by atomic mass is 9.91. The van der Waals surface area contributed by atoms with Gasteiger partial charge in [-0.05, 0) is 68.0 Å². The zero-order valence-corrected chi connectivity index (χ0v) is 9.93. The summed E-state index contributed by atoms with van der Waals surface area (Å²) in [5.41, 5.74) is 2.27. The third-order valence-corrected chi connectivity index (χ3v) is 3.35. The van der Waals surface area contributed by atoms with Gasteiger partial charge in [-0.2, -0.15) is 0 Å². The Hall–Kier alpha value is -0.890. The van der Waals surface area contributed by atoms with Crippen LogP contribution in [-0.2, 0) is 12.8 Å². The Labute approximate surface area is 97.1 Å². The Kier molecular flexibility index (Phi) is 3.94. The van der Waals surface area contributed by atoms with Gasteiger partial charge >= 0.3 is 0 Å². The second-order valence-electron chi connectivity index (χ2n) is 4.74. The number of nitrogens with one attached hydrogen (secondary N) is 1. The molecule has 1 saturated heterocycles. The molecule has 16 heavy (non-hydrogen) atoms. The normalized spacial score (nSPS) is 21.0. The molecule has 1 aliphatic rings. The maximum absolute atomic E-state index is 13.4. The van der Waals surface area contributed by atoms with E-state index in [1.807, 2.05) is 0 Å². The predicted octanol–water partition coefficient (Wildman–Crippen LogP) is 2.93. The van der Waals surface area contributed by atoms with E-state index in [1.54, 1.807) is 12.1 Å². The van der Waals surface area contributed by atoms with Gasteiger partial charge in [-0.15, -0.1) is 0 Å². The molecule has 88 valence electrons. The lowest BCUT2D eigenvalue weighted by Gasteiger charge is -2.22. The first kappa shape index (κ1) is 11.6. The highest BCUT2D eigenvalue weighted by molar-refractivity contribution is 5.25. The second-order valence-corrected chi connectivity index (χ2v) is 4.74. The number of rotatable bonds is 3. The van der Waals surface area contributed by atoms with Crippen molar-refractivity contribution in [3.8, 4) is 0 Å². The molecule has 1 aliphatic heterocycles. The fourth-order valence-corrected chi connectivity index (χ4v) is 2.47. The molecule has 1 heterocycles. The molecule has 0 bridgehead atoms. The van der Waals surface area contributed by atoms with Gasteiger partial charge in [-0.1, -0.05) is 13.0 Å². The molecule has 1 nitrogen and oxygen atoms in total. The zero-order valence-electron chi connectivity index (χ0n) is 9.93. The summed E-state index contributed by atoms with van der Waals surface area (Å²) >= 11 is 0. The van der Waals surface area contributed by atoms with Gasteiger partial charge in [-0.25, -0.2) is 4.39 Å². The van der Waals surface area contributed by atoms with E-state index in [1.165, 1.54) is 12.8 Å². The number of hydrogen-bond donors (Lipinski definition) is 1. The molecule has 2 heteroatoms. The van der Waals surface area contributed by atoms with Crippen LogP contribution in [-0.4, -0.2) is 13.1 Å². The van der Waals surface area contributed by atoms with E-state index in [9.17, 15) is 4.39 Å². The third kappa shape index (κ3) is 3.05. The Bertz CT molecular complexity index is 343. The molecule has 1 unspecified atom stereocenters. The molecule has 1 N–H and O–H groups in total. The molecule has 1 aromatic rings. The fourth-order valence-electron chi connectivity index (χ4n) is 2.47. The average molecular weight is 221 g/mol. The van der Waals surface area contributed by atoms with E-state index in [-0.39, 0.29) is 5.82 Å². The van der Waals surface area contributed by atoms with Crippen LogP contribution in [0.15, 0.2) is 18.2 Å². The fraction of sp³-hybridized carbons (Fsp3) is 0.571. The Morgan fingerprint density at radius 3 is 2.81 bits per heavy atom. The molecular weight excluding hydrogens is 201 g/mol. The Morgan fingerprint density at radius 1 is 1.31 bits per heavy atom. The molecule has 1 aromatic carbocycles. The van der Waals surface area contributed by atoms with Crippen molar-refractivity contribution in [2.45, 2.75) is 32.6 Å². The van der Waals surface area contributed by atoms with Crippen molar-refractivity contribution in [1.29, 1.82) is 0 Å². The number of aryl methyl sites for hydroxylation is 1. The maximum Gasteiger partial charge on any atom is 0.123 e. The molecule has 0 aromatic heterocycles. The van der Waals surface area contributed by atoms with Crippen LogP contribution in [0, 0.1) is 11.7 Å². The van der Waals surface area contributed by atoms with E-state index in [2.05, 4.69) is 18.3 Å². The third-order valence-electron chi connectivity index (χ3n) is 3.35. The van der Waals surface area contributed by atoms with Crippen molar-refractivity contribution in [2.24, 2.45) is 5.92 Å². The highest BCUT2D eigenvalue weighted by atomic mass is 19.1.